The summed E-state index contributed by atoms with van der Waals surface area (Å²) in [5.74, 6) is 0.0273. The first-order chi connectivity index (χ1) is 19.8. The van der Waals surface area contributed by atoms with Crippen molar-refractivity contribution in [3.05, 3.63) is 125 Å². The van der Waals surface area contributed by atoms with Crippen LogP contribution in [0, 0.1) is 0 Å². The maximum absolute atomic E-state index is 13.8. The van der Waals surface area contributed by atoms with Gasteiger partial charge < -0.3 is 14.6 Å². The van der Waals surface area contributed by atoms with Crippen molar-refractivity contribution in [1.82, 2.24) is 14.9 Å². The van der Waals surface area contributed by atoms with Crippen LogP contribution >= 0.6 is 11.6 Å². The molecule has 4 rings (SSSR count). The van der Waals surface area contributed by atoms with Gasteiger partial charge in [0.05, 0.1) is 17.7 Å². The summed E-state index contributed by atoms with van der Waals surface area (Å²) in [5.41, 5.74) is 2.30. The van der Waals surface area contributed by atoms with Gasteiger partial charge in [-0.1, -0.05) is 73.1 Å². The van der Waals surface area contributed by atoms with Crippen molar-refractivity contribution >= 4 is 33.4 Å². The molecular formula is C31H32ClN3O5S. The zero-order valence-electron chi connectivity index (χ0n) is 22.6. The molecule has 0 saturated heterocycles. The maximum Gasteiger partial charge on any atom is 0.247 e. The molecule has 2 amide bonds. The van der Waals surface area contributed by atoms with Gasteiger partial charge in [0.1, 0.15) is 11.8 Å². The molecule has 0 unspecified atom stereocenters. The second kappa shape index (κ2) is 14.1. The molecular weight excluding hydrogens is 562 g/mol. The Morgan fingerprint density at radius 3 is 2.22 bits per heavy atom. The van der Waals surface area contributed by atoms with Gasteiger partial charge in [0.2, 0.25) is 21.8 Å². The van der Waals surface area contributed by atoms with Crippen molar-refractivity contribution < 1.29 is 22.4 Å². The van der Waals surface area contributed by atoms with Crippen molar-refractivity contribution in [2.75, 3.05) is 6.54 Å². The van der Waals surface area contributed by atoms with E-state index in [1.807, 2.05) is 42.5 Å². The van der Waals surface area contributed by atoms with Crippen molar-refractivity contribution in [3.8, 4) is 0 Å². The number of nitrogens with one attached hydrogen (secondary N) is 2. The minimum Gasteiger partial charge on any atom is -0.467 e. The zero-order chi connectivity index (χ0) is 29.2. The number of amides is 2. The molecule has 214 valence electrons. The van der Waals surface area contributed by atoms with E-state index in [0.29, 0.717) is 29.3 Å². The standard InChI is InChI=1S/C31H32ClN3O5S/c1-2-34-41(38,39)28-17-12-23(13-18-28)14-19-29(36)35(22-24-10-15-26(32)16-11-24)30(25-7-4-3-5-8-25)31(37)33-21-27-9-6-20-40-27/h3-13,15-18,20,30,34H,2,14,19,21-22H2,1H3,(H,33,37)/t30-/m0/s1. The Kier molecular flexibility index (Phi) is 10.3. The normalized spacial score (nSPS) is 12.0. The molecule has 0 bridgehead atoms. The highest BCUT2D eigenvalue weighted by molar-refractivity contribution is 7.89. The van der Waals surface area contributed by atoms with E-state index in [2.05, 4.69) is 10.0 Å². The van der Waals surface area contributed by atoms with Crippen molar-refractivity contribution in [3.63, 3.8) is 0 Å². The first kappa shape index (κ1) is 30.0. The minimum absolute atomic E-state index is 0.113. The average Bonchev–Trinajstić information content (AvgIpc) is 3.50. The predicted molar refractivity (Wildman–Crippen MR) is 157 cm³/mol. The summed E-state index contributed by atoms with van der Waals surface area (Å²) < 4.78 is 32.4. The SMILES string of the molecule is CCNS(=O)(=O)c1ccc(CCC(=O)N(Cc2ccc(Cl)cc2)[C@H](C(=O)NCc2ccco2)c2ccccc2)cc1. The fourth-order valence-corrected chi connectivity index (χ4v) is 5.57. The van der Waals surface area contributed by atoms with E-state index in [4.69, 9.17) is 16.0 Å². The maximum atomic E-state index is 13.8. The van der Waals surface area contributed by atoms with Crippen LogP contribution in [0.5, 0.6) is 0 Å². The van der Waals surface area contributed by atoms with Gasteiger partial charge >= 0.3 is 0 Å². The topological polar surface area (TPSA) is 109 Å². The lowest BCUT2D eigenvalue weighted by Gasteiger charge is -2.32. The molecule has 1 atom stereocenters. The van der Waals surface area contributed by atoms with Crippen molar-refractivity contribution in [1.29, 1.82) is 0 Å². The minimum atomic E-state index is -3.57. The van der Waals surface area contributed by atoms with Crippen LogP contribution in [0.2, 0.25) is 5.02 Å². The van der Waals surface area contributed by atoms with E-state index in [0.717, 1.165) is 11.1 Å². The summed E-state index contributed by atoms with van der Waals surface area (Å²) in [6.45, 7) is 2.37. The number of carbonyl (C=O) groups is 2. The molecule has 0 fully saturated rings. The molecule has 1 heterocycles. The molecule has 8 nitrogen and oxygen atoms in total. The number of hydrogen-bond acceptors (Lipinski definition) is 5. The van der Waals surface area contributed by atoms with Crippen molar-refractivity contribution in [2.45, 2.75) is 43.8 Å². The molecule has 4 aromatic rings. The summed E-state index contributed by atoms with van der Waals surface area (Å²) >= 11 is 6.09. The highest BCUT2D eigenvalue weighted by atomic mass is 35.5. The van der Waals surface area contributed by atoms with Crippen LogP contribution in [-0.4, -0.2) is 31.7 Å². The molecule has 0 aliphatic rings. The average molecular weight is 594 g/mol. The number of aryl methyl sites for hydroxylation is 1. The second-order valence-electron chi connectivity index (χ2n) is 9.40. The predicted octanol–water partition coefficient (Wildman–Crippen LogP) is 5.25. The molecule has 0 aliphatic heterocycles. The molecule has 10 heteroatoms. The third-order valence-electron chi connectivity index (χ3n) is 6.47. The second-order valence-corrected chi connectivity index (χ2v) is 11.6. The van der Waals surface area contributed by atoms with E-state index in [1.54, 1.807) is 48.2 Å². The lowest BCUT2D eigenvalue weighted by atomic mass is 10.0. The van der Waals surface area contributed by atoms with Crippen LogP contribution < -0.4 is 10.0 Å². The van der Waals surface area contributed by atoms with E-state index in [-0.39, 0.29) is 36.2 Å². The largest absolute Gasteiger partial charge is 0.467 e. The molecule has 41 heavy (non-hydrogen) atoms. The Morgan fingerprint density at radius 2 is 1.59 bits per heavy atom. The van der Waals surface area contributed by atoms with Crippen LogP contribution in [0.1, 0.15) is 41.8 Å². The number of benzene rings is 3. The molecule has 0 spiro atoms. The first-order valence-corrected chi connectivity index (χ1v) is 15.1. The van der Waals surface area contributed by atoms with Crippen molar-refractivity contribution in [2.24, 2.45) is 0 Å². The number of sulfonamides is 1. The number of nitrogens with zero attached hydrogens (tertiary/aromatic N) is 1. The summed E-state index contributed by atoms with van der Waals surface area (Å²) in [4.78, 5) is 29.2. The van der Waals surface area contributed by atoms with Gasteiger partial charge in [0, 0.05) is 24.5 Å². The van der Waals surface area contributed by atoms with Gasteiger partial charge in [-0.3, -0.25) is 9.59 Å². The molecule has 3 aromatic carbocycles. The fraction of sp³-hybridized carbons (Fsp3) is 0.226. The van der Waals surface area contributed by atoms with Crippen LogP contribution in [0.3, 0.4) is 0 Å². The Bertz CT molecular complexity index is 1530. The number of furan rings is 1. The Labute approximate surface area is 245 Å². The summed E-state index contributed by atoms with van der Waals surface area (Å²) in [6, 6.07) is 25.4. The fourth-order valence-electron chi connectivity index (χ4n) is 4.41. The highest BCUT2D eigenvalue weighted by Gasteiger charge is 2.31. The van der Waals surface area contributed by atoms with E-state index >= 15 is 0 Å². The monoisotopic (exact) mass is 593 g/mol. The molecule has 0 saturated carbocycles. The molecule has 0 radical (unpaired) electrons. The number of rotatable bonds is 13. The number of hydrogen-bond donors (Lipinski definition) is 2. The van der Waals surface area contributed by atoms with Crippen LogP contribution in [0.4, 0.5) is 0 Å². The lowest BCUT2D eigenvalue weighted by molar-refractivity contribution is -0.141. The summed E-state index contributed by atoms with van der Waals surface area (Å²) in [7, 11) is -3.57. The third kappa shape index (κ3) is 8.29. The van der Waals surface area contributed by atoms with E-state index in [1.165, 1.54) is 18.4 Å². The van der Waals surface area contributed by atoms with Crippen LogP contribution in [-0.2, 0) is 39.1 Å². The van der Waals surface area contributed by atoms with E-state index in [9.17, 15) is 18.0 Å². The van der Waals surface area contributed by atoms with Gasteiger partial charge in [-0.25, -0.2) is 13.1 Å². The Hall–Kier alpha value is -3.92. The first-order valence-electron chi connectivity index (χ1n) is 13.2. The third-order valence-corrected chi connectivity index (χ3v) is 8.29. The molecule has 1 aromatic heterocycles. The van der Waals surface area contributed by atoms with Gasteiger partial charge in [0.25, 0.3) is 0 Å². The van der Waals surface area contributed by atoms with E-state index < -0.39 is 16.1 Å². The van der Waals surface area contributed by atoms with Gasteiger partial charge in [-0.05, 0) is 59.5 Å². The lowest BCUT2D eigenvalue weighted by Crippen LogP contribution is -2.43. The van der Waals surface area contributed by atoms with Gasteiger partial charge in [-0.15, -0.1) is 0 Å². The summed E-state index contributed by atoms with van der Waals surface area (Å²) in [5, 5.41) is 3.48. The van der Waals surface area contributed by atoms with Crippen LogP contribution in [0.15, 0.2) is 107 Å². The number of halogens is 1. The highest BCUT2D eigenvalue weighted by Crippen LogP contribution is 2.26. The zero-order valence-corrected chi connectivity index (χ0v) is 24.2. The van der Waals surface area contributed by atoms with Crippen LogP contribution in [0.25, 0.3) is 0 Å². The number of carbonyl (C=O) groups excluding carboxylic acids is 2. The summed E-state index contributed by atoms with van der Waals surface area (Å²) in [6.07, 6.45) is 2.02. The molecule has 2 N–H and O–H groups in total. The smallest absolute Gasteiger partial charge is 0.247 e. The molecule has 0 aliphatic carbocycles. The quantitative estimate of drug-likeness (QED) is 0.220. The Morgan fingerprint density at radius 1 is 0.902 bits per heavy atom. The Balaban J connectivity index is 1.59. The van der Waals surface area contributed by atoms with Gasteiger partial charge in [-0.2, -0.15) is 0 Å². The van der Waals surface area contributed by atoms with Gasteiger partial charge in [0.15, 0.2) is 0 Å².